The van der Waals surface area contributed by atoms with Gasteiger partial charge in [-0.2, -0.15) is 8.61 Å². The van der Waals surface area contributed by atoms with Crippen molar-refractivity contribution in [1.82, 2.24) is 8.61 Å². The van der Waals surface area contributed by atoms with E-state index in [1.807, 2.05) is 68.4 Å². The Balaban J connectivity index is 1.40. The van der Waals surface area contributed by atoms with Gasteiger partial charge in [0, 0.05) is 38.0 Å². The molecule has 2 aromatic carbocycles. The van der Waals surface area contributed by atoms with E-state index in [-0.39, 0.29) is 29.9 Å². The Morgan fingerprint density at radius 2 is 1.51 bits per heavy atom. The van der Waals surface area contributed by atoms with Crippen LogP contribution in [-0.2, 0) is 32.3 Å². The van der Waals surface area contributed by atoms with Gasteiger partial charge >= 0.3 is 0 Å². The summed E-state index contributed by atoms with van der Waals surface area (Å²) in [4.78, 5) is 0. The van der Waals surface area contributed by atoms with Crippen molar-refractivity contribution in [3.05, 3.63) is 65.7 Å². The van der Waals surface area contributed by atoms with Crippen LogP contribution >= 0.6 is 0 Å². The van der Waals surface area contributed by atoms with E-state index >= 15 is 0 Å². The van der Waals surface area contributed by atoms with Crippen molar-refractivity contribution in [1.29, 1.82) is 0 Å². The summed E-state index contributed by atoms with van der Waals surface area (Å²) in [7, 11) is -6.67. The maximum absolute atomic E-state index is 13.2. The van der Waals surface area contributed by atoms with Crippen LogP contribution in [0.2, 0.25) is 0 Å². The number of nitrogens with zero attached hydrogens (tertiary/aromatic N) is 2. The Labute approximate surface area is 210 Å². The lowest BCUT2D eigenvalue weighted by atomic mass is 10.0. The maximum atomic E-state index is 13.2. The third kappa shape index (κ3) is 6.64. The summed E-state index contributed by atoms with van der Waals surface area (Å²) in [6.45, 7) is 4.80. The van der Waals surface area contributed by atoms with Gasteiger partial charge in [-0.1, -0.05) is 56.3 Å². The van der Waals surface area contributed by atoms with Gasteiger partial charge in [0.1, 0.15) is 11.9 Å². The van der Waals surface area contributed by atoms with Crippen LogP contribution in [0.4, 0.5) is 0 Å². The van der Waals surface area contributed by atoms with E-state index in [2.05, 4.69) is 0 Å². The van der Waals surface area contributed by atoms with Gasteiger partial charge in [-0.3, -0.25) is 0 Å². The lowest BCUT2D eigenvalue weighted by molar-refractivity contribution is 0.0960. The first-order chi connectivity index (χ1) is 16.5. The smallest absolute Gasteiger partial charge is 0.218 e. The van der Waals surface area contributed by atoms with Crippen molar-refractivity contribution in [2.75, 3.05) is 12.8 Å². The molecule has 2 fully saturated rings. The number of fused-ring (bicyclic) bond motifs is 2. The molecule has 0 aromatic heterocycles. The van der Waals surface area contributed by atoms with E-state index in [0.717, 1.165) is 29.7 Å². The number of hydrogen-bond acceptors (Lipinski definition) is 5. The predicted molar refractivity (Wildman–Crippen MR) is 138 cm³/mol. The highest BCUT2D eigenvalue weighted by molar-refractivity contribution is 7.88. The predicted octanol–water partition coefficient (Wildman–Crippen LogP) is 4.01. The molecular weight excluding hydrogens is 484 g/mol. The third-order valence-electron chi connectivity index (χ3n) is 6.74. The fourth-order valence-corrected chi connectivity index (χ4v) is 8.48. The molecule has 2 aliphatic heterocycles. The average molecular weight is 521 g/mol. The molecule has 4 rings (SSSR count). The minimum atomic E-state index is -3.48. The molecule has 2 heterocycles. The van der Waals surface area contributed by atoms with E-state index in [4.69, 9.17) is 4.74 Å². The minimum Gasteiger partial charge on any atom is -0.490 e. The molecule has 2 aromatic rings. The molecule has 0 N–H and O–H groups in total. The Morgan fingerprint density at radius 3 is 2.06 bits per heavy atom. The standard InChI is InChI=1S/C26H36N2O5S2/c1-20(2)17-27(35(31,32)19-22-7-5-4-6-8-22)18-21-9-13-25(14-10-21)33-26-15-23-11-12-24(16-26)28(23)34(3,29)30/h4-10,13-14,20,23-24,26H,11-12,15-19H2,1-3H3/t23-,24+,26?. The van der Waals surface area contributed by atoms with Crippen molar-refractivity contribution in [3.8, 4) is 5.75 Å². The van der Waals surface area contributed by atoms with Gasteiger partial charge in [0.25, 0.3) is 0 Å². The Hall–Kier alpha value is -1.94. The lowest BCUT2D eigenvalue weighted by Gasteiger charge is -2.37. The van der Waals surface area contributed by atoms with Crippen LogP contribution in [0.25, 0.3) is 0 Å². The number of rotatable bonds is 10. The number of hydrogen-bond donors (Lipinski definition) is 0. The zero-order chi connectivity index (χ0) is 25.2. The van der Waals surface area contributed by atoms with Gasteiger partial charge in [-0.15, -0.1) is 0 Å². The molecule has 1 unspecified atom stereocenters. The van der Waals surface area contributed by atoms with Crippen LogP contribution in [0.5, 0.6) is 5.75 Å². The second-order valence-electron chi connectivity index (χ2n) is 10.3. The van der Waals surface area contributed by atoms with Gasteiger partial charge in [0.05, 0.1) is 12.0 Å². The van der Waals surface area contributed by atoms with Crippen molar-refractivity contribution < 1.29 is 21.6 Å². The summed E-state index contributed by atoms with van der Waals surface area (Å²) in [6, 6.07) is 16.9. The molecule has 0 spiro atoms. The molecule has 7 nitrogen and oxygen atoms in total. The normalized spacial score (nSPS) is 23.2. The van der Waals surface area contributed by atoms with Crippen molar-refractivity contribution in [2.45, 2.75) is 70.0 Å². The molecule has 2 aliphatic rings. The van der Waals surface area contributed by atoms with Crippen LogP contribution in [0.3, 0.4) is 0 Å². The summed E-state index contributed by atoms with van der Waals surface area (Å²) in [5.41, 5.74) is 1.68. The molecular formula is C26H36N2O5S2. The summed E-state index contributed by atoms with van der Waals surface area (Å²) >= 11 is 0. The van der Waals surface area contributed by atoms with Gasteiger partial charge in [-0.25, -0.2) is 16.8 Å². The van der Waals surface area contributed by atoms with Crippen molar-refractivity contribution in [2.24, 2.45) is 5.92 Å². The van der Waals surface area contributed by atoms with Gasteiger partial charge in [0.2, 0.25) is 20.0 Å². The molecule has 2 saturated heterocycles. The number of sulfonamides is 2. The van der Waals surface area contributed by atoms with Gasteiger partial charge < -0.3 is 4.74 Å². The van der Waals surface area contributed by atoms with Crippen LogP contribution in [-0.4, -0.2) is 56.4 Å². The zero-order valence-electron chi connectivity index (χ0n) is 20.7. The molecule has 2 bridgehead atoms. The highest BCUT2D eigenvalue weighted by Crippen LogP contribution is 2.38. The molecule has 192 valence electrons. The minimum absolute atomic E-state index is 0.0139. The van der Waals surface area contributed by atoms with E-state index < -0.39 is 20.0 Å². The van der Waals surface area contributed by atoms with Crippen molar-refractivity contribution >= 4 is 20.0 Å². The topological polar surface area (TPSA) is 84.0 Å². The maximum Gasteiger partial charge on any atom is 0.218 e. The molecule has 3 atom stereocenters. The molecule has 9 heteroatoms. The Bertz CT molecular complexity index is 1180. The van der Waals surface area contributed by atoms with Crippen LogP contribution < -0.4 is 4.74 Å². The first kappa shape index (κ1) is 26.1. The average Bonchev–Trinajstić information content (AvgIpc) is 3.07. The van der Waals surface area contributed by atoms with Crippen molar-refractivity contribution in [3.63, 3.8) is 0 Å². The molecule has 0 amide bonds. The van der Waals surface area contributed by atoms with E-state index in [1.165, 1.54) is 6.26 Å². The number of ether oxygens (including phenoxy) is 1. The van der Waals surface area contributed by atoms with E-state index in [1.54, 1.807) is 8.61 Å². The fraction of sp³-hybridized carbons (Fsp3) is 0.538. The quantitative estimate of drug-likeness (QED) is 0.473. The highest BCUT2D eigenvalue weighted by Gasteiger charge is 2.45. The van der Waals surface area contributed by atoms with Gasteiger partial charge in [0.15, 0.2) is 0 Å². The van der Waals surface area contributed by atoms with E-state index in [9.17, 15) is 16.8 Å². The Kier molecular flexibility index (Phi) is 7.90. The van der Waals surface area contributed by atoms with Gasteiger partial charge in [-0.05, 0) is 42.0 Å². The number of benzene rings is 2. The monoisotopic (exact) mass is 520 g/mol. The van der Waals surface area contributed by atoms with Crippen LogP contribution in [0.15, 0.2) is 54.6 Å². The molecule has 0 saturated carbocycles. The van der Waals surface area contributed by atoms with Crippen LogP contribution in [0.1, 0.15) is 50.7 Å². The summed E-state index contributed by atoms with van der Waals surface area (Å²) < 4.78 is 60.1. The van der Waals surface area contributed by atoms with Crippen LogP contribution in [0, 0.1) is 5.92 Å². The fourth-order valence-electron chi connectivity index (χ4n) is 5.35. The summed E-state index contributed by atoms with van der Waals surface area (Å²) in [6.07, 6.45) is 4.46. The molecule has 0 aliphatic carbocycles. The van der Waals surface area contributed by atoms with E-state index in [0.29, 0.717) is 25.9 Å². The SMILES string of the molecule is CC(C)CN(Cc1ccc(OC2C[C@H]3CC[C@@H](C2)N3S(C)(=O)=O)cc1)S(=O)(=O)Cc1ccccc1. The first-order valence-electron chi connectivity index (χ1n) is 12.3. The molecule has 0 radical (unpaired) electrons. The molecule has 35 heavy (non-hydrogen) atoms. The lowest BCUT2D eigenvalue weighted by Crippen LogP contribution is -2.48. The Morgan fingerprint density at radius 1 is 0.914 bits per heavy atom. The zero-order valence-corrected chi connectivity index (χ0v) is 22.3. The first-order valence-corrected chi connectivity index (χ1v) is 15.7. The largest absolute Gasteiger partial charge is 0.490 e. The highest BCUT2D eigenvalue weighted by atomic mass is 32.2. The second-order valence-corrected chi connectivity index (χ2v) is 14.1. The second kappa shape index (κ2) is 10.6. The summed E-state index contributed by atoms with van der Waals surface area (Å²) in [5, 5.41) is 0. The summed E-state index contributed by atoms with van der Waals surface area (Å²) in [5.74, 6) is 0.917. The third-order valence-corrected chi connectivity index (χ3v) is 9.87. The number of piperidine rings is 1.